The van der Waals surface area contributed by atoms with Crippen molar-refractivity contribution in [3.63, 3.8) is 0 Å². The molecule has 0 bridgehead atoms. The van der Waals surface area contributed by atoms with Gasteiger partial charge in [0, 0.05) is 11.4 Å². The van der Waals surface area contributed by atoms with Crippen LogP contribution in [0.5, 0.6) is 5.75 Å². The van der Waals surface area contributed by atoms with Crippen molar-refractivity contribution in [2.45, 2.75) is 10.2 Å². The molecule has 2 rings (SSSR count). The van der Waals surface area contributed by atoms with Crippen molar-refractivity contribution in [3.8, 4) is 5.75 Å². The molecule has 0 aliphatic rings. The second-order valence-electron chi connectivity index (χ2n) is 4.23. The minimum absolute atomic E-state index is 0.217. The average molecular weight is 435 g/mol. The zero-order chi connectivity index (χ0) is 15.5. The number of nitrogens with one attached hydrogen (secondary N) is 1. The predicted molar refractivity (Wildman–Crippen MR) is 90.6 cm³/mol. The molecule has 1 N–H and O–H groups in total. The van der Waals surface area contributed by atoms with Gasteiger partial charge in [-0.05, 0) is 45.8 Å². The van der Waals surface area contributed by atoms with E-state index in [0.717, 1.165) is 10.0 Å². The van der Waals surface area contributed by atoms with E-state index in [4.69, 9.17) is 4.74 Å². The van der Waals surface area contributed by atoms with Crippen LogP contribution >= 0.6 is 31.9 Å². The van der Waals surface area contributed by atoms with Crippen LogP contribution in [-0.4, -0.2) is 15.5 Å². The molecule has 2 aromatic rings. The van der Waals surface area contributed by atoms with E-state index < -0.39 is 10.0 Å². The van der Waals surface area contributed by atoms with Crippen LogP contribution < -0.4 is 9.46 Å². The number of ether oxygens (including phenoxy) is 1. The van der Waals surface area contributed by atoms with Gasteiger partial charge in [0.25, 0.3) is 10.0 Å². The standard InChI is InChI=1S/C14H13Br2NO3S/c1-20-14-8-11(4-7-13(14)16)17-21(18,19)12-5-2-10(9-15)3-6-12/h2-8,17H,9H2,1H3. The van der Waals surface area contributed by atoms with Crippen LogP contribution in [0.25, 0.3) is 0 Å². The molecule has 0 saturated carbocycles. The number of anilines is 1. The van der Waals surface area contributed by atoms with Gasteiger partial charge in [0.1, 0.15) is 5.75 Å². The number of rotatable bonds is 5. The van der Waals surface area contributed by atoms with E-state index in [0.29, 0.717) is 16.8 Å². The lowest BCUT2D eigenvalue weighted by molar-refractivity contribution is 0.412. The fourth-order valence-corrected chi connectivity index (χ4v) is 3.53. The quantitative estimate of drug-likeness (QED) is 0.719. The lowest BCUT2D eigenvalue weighted by Gasteiger charge is -2.10. The minimum Gasteiger partial charge on any atom is -0.495 e. The Kier molecular flexibility index (Phi) is 5.29. The summed E-state index contributed by atoms with van der Waals surface area (Å²) >= 11 is 6.65. The van der Waals surface area contributed by atoms with Gasteiger partial charge in [0.2, 0.25) is 0 Å². The van der Waals surface area contributed by atoms with Crippen molar-refractivity contribution in [2.24, 2.45) is 0 Å². The van der Waals surface area contributed by atoms with Crippen LogP contribution in [0, 0.1) is 0 Å². The van der Waals surface area contributed by atoms with Gasteiger partial charge in [0.15, 0.2) is 0 Å². The van der Waals surface area contributed by atoms with E-state index in [1.807, 2.05) is 0 Å². The summed E-state index contributed by atoms with van der Waals surface area (Å²) in [5, 5.41) is 0.685. The molecule has 7 heteroatoms. The van der Waals surface area contributed by atoms with Crippen LogP contribution in [0.1, 0.15) is 5.56 Å². The summed E-state index contributed by atoms with van der Waals surface area (Å²) in [5.41, 5.74) is 1.46. The van der Waals surface area contributed by atoms with Gasteiger partial charge in [-0.15, -0.1) is 0 Å². The zero-order valence-electron chi connectivity index (χ0n) is 11.1. The lowest BCUT2D eigenvalue weighted by Crippen LogP contribution is -2.13. The molecule has 0 atom stereocenters. The molecule has 0 heterocycles. The third kappa shape index (κ3) is 3.99. The molecule has 0 radical (unpaired) electrons. The molecule has 0 aliphatic heterocycles. The number of sulfonamides is 1. The molecule has 0 unspecified atom stereocenters. The predicted octanol–water partition coefficient (Wildman–Crippen LogP) is 4.15. The Hall–Kier alpha value is -1.05. The molecule has 0 spiro atoms. The largest absolute Gasteiger partial charge is 0.495 e. The molecule has 0 saturated heterocycles. The van der Waals surface area contributed by atoms with Crippen molar-refractivity contribution >= 4 is 47.6 Å². The Bertz CT molecular complexity index is 730. The van der Waals surface area contributed by atoms with Crippen LogP contribution in [0.2, 0.25) is 0 Å². The van der Waals surface area contributed by atoms with Crippen molar-refractivity contribution in [3.05, 3.63) is 52.5 Å². The summed E-state index contributed by atoms with van der Waals surface area (Å²) in [7, 11) is -2.09. The van der Waals surface area contributed by atoms with E-state index in [2.05, 4.69) is 36.6 Å². The Morgan fingerprint density at radius 3 is 2.38 bits per heavy atom. The summed E-state index contributed by atoms with van der Waals surface area (Å²) < 4.78 is 33.1. The van der Waals surface area contributed by atoms with Crippen molar-refractivity contribution in [1.29, 1.82) is 0 Å². The molecule has 0 amide bonds. The molecule has 0 aliphatic carbocycles. The average Bonchev–Trinajstić information content (AvgIpc) is 2.49. The number of hydrogen-bond donors (Lipinski definition) is 1. The van der Waals surface area contributed by atoms with Crippen LogP contribution in [0.3, 0.4) is 0 Å². The van der Waals surface area contributed by atoms with Crippen LogP contribution in [-0.2, 0) is 15.4 Å². The summed E-state index contributed by atoms with van der Waals surface area (Å²) in [6.07, 6.45) is 0. The van der Waals surface area contributed by atoms with Gasteiger partial charge >= 0.3 is 0 Å². The first-order valence-electron chi connectivity index (χ1n) is 5.97. The van der Waals surface area contributed by atoms with E-state index >= 15 is 0 Å². The van der Waals surface area contributed by atoms with Gasteiger partial charge < -0.3 is 4.74 Å². The van der Waals surface area contributed by atoms with E-state index in [1.54, 1.807) is 42.5 Å². The van der Waals surface area contributed by atoms with Crippen molar-refractivity contribution in [1.82, 2.24) is 0 Å². The summed E-state index contributed by atoms with van der Waals surface area (Å²) in [5.74, 6) is 0.560. The highest BCUT2D eigenvalue weighted by Gasteiger charge is 2.14. The van der Waals surface area contributed by atoms with Gasteiger partial charge in [0.05, 0.1) is 22.2 Å². The second-order valence-corrected chi connectivity index (χ2v) is 7.33. The monoisotopic (exact) mass is 433 g/mol. The van der Waals surface area contributed by atoms with Gasteiger partial charge in [-0.25, -0.2) is 8.42 Å². The molecule has 2 aromatic carbocycles. The fraction of sp³-hybridized carbons (Fsp3) is 0.143. The Morgan fingerprint density at radius 2 is 1.81 bits per heavy atom. The van der Waals surface area contributed by atoms with Crippen LogP contribution in [0.15, 0.2) is 51.8 Å². The topological polar surface area (TPSA) is 55.4 Å². The maximum Gasteiger partial charge on any atom is 0.261 e. The Labute approximate surface area is 140 Å². The first-order valence-corrected chi connectivity index (χ1v) is 9.37. The number of alkyl halides is 1. The molecule has 0 fully saturated rings. The van der Waals surface area contributed by atoms with Gasteiger partial charge in [-0.2, -0.15) is 0 Å². The van der Waals surface area contributed by atoms with Gasteiger partial charge in [-0.1, -0.05) is 28.1 Å². The third-order valence-corrected chi connectivity index (χ3v) is 5.49. The molecular weight excluding hydrogens is 422 g/mol. The second kappa shape index (κ2) is 6.81. The third-order valence-electron chi connectivity index (χ3n) is 2.79. The maximum absolute atomic E-state index is 12.3. The normalized spacial score (nSPS) is 11.2. The van der Waals surface area contributed by atoms with Crippen molar-refractivity contribution in [2.75, 3.05) is 11.8 Å². The summed E-state index contributed by atoms with van der Waals surface area (Å²) in [6.45, 7) is 0. The van der Waals surface area contributed by atoms with E-state index in [9.17, 15) is 8.42 Å². The number of hydrogen-bond acceptors (Lipinski definition) is 3. The van der Waals surface area contributed by atoms with Gasteiger partial charge in [-0.3, -0.25) is 4.72 Å². The summed E-state index contributed by atoms with van der Waals surface area (Å²) in [4.78, 5) is 0.217. The number of halogens is 2. The first kappa shape index (κ1) is 16.3. The minimum atomic E-state index is -3.61. The highest BCUT2D eigenvalue weighted by molar-refractivity contribution is 9.10. The number of benzene rings is 2. The molecule has 21 heavy (non-hydrogen) atoms. The highest BCUT2D eigenvalue weighted by atomic mass is 79.9. The SMILES string of the molecule is COc1cc(NS(=O)(=O)c2ccc(CBr)cc2)ccc1Br. The molecular formula is C14H13Br2NO3S. The van der Waals surface area contributed by atoms with Crippen LogP contribution in [0.4, 0.5) is 5.69 Å². The van der Waals surface area contributed by atoms with E-state index in [1.165, 1.54) is 7.11 Å². The Balaban J connectivity index is 2.28. The first-order chi connectivity index (χ1) is 9.96. The molecule has 4 nitrogen and oxygen atoms in total. The summed E-state index contributed by atoms with van der Waals surface area (Å²) in [6, 6.07) is 11.7. The number of methoxy groups -OCH3 is 1. The molecule has 0 aromatic heterocycles. The smallest absolute Gasteiger partial charge is 0.261 e. The highest BCUT2D eigenvalue weighted by Crippen LogP contribution is 2.29. The lowest BCUT2D eigenvalue weighted by atomic mass is 10.2. The van der Waals surface area contributed by atoms with Crippen molar-refractivity contribution < 1.29 is 13.2 Å². The zero-order valence-corrected chi connectivity index (χ0v) is 15.1. The van der Waals surface area contributed by atoms with E-state index in [-0.39, 0.29) is 4.90 Å². The fourth-order valence-electron chi connectivity index (χ4n) is 1.70. The maximum atomic E-state index is 12.3. The molecule has 112 valence electrons. The Morgan fingerprint density at radius 1 is 1.14 bits per heavy atom.